The molecule has 1 amide bonds. The largest absolute Gasteiger partial charge is 0.494 e. The standard InChI is InChI=1S/C18H22N2O5S/c1-4-24-15-11-17(16(25-5-2)10-12(15)3)26(22,23)20-14-9-7-6-8-13(14)18(19)21/h6-11,20H,4-5H2,1-3H3,(H2,19,21). The zero-order valence-corrected chi connectivity index (χ0v) is 15.7. The van der Waals surface area contributed by atoms with Crippen LogP contribution in [-0.4, -0.2) is 27.5 Å². The van der Waals surface area contributed by atoms with Gasteiger partial charge in [0.1, 0.15) is 16.4 Å². The Labute approximate surface area is 153 Å². The summed E-state index contributed by atoms with van der Waals surface area (Å²) in [5.41, 5.74) is 6.24. The number of anilines is 1. The lowest BCUT2D eigenvalue weighted by Crippen LogP contribution is -2.19. The fourth-order valence-electron chi connectivity index (χ4n) is 2.42. The highest BCUT2D eigenvalue weighted by Crippen LogP contribution is 2.33. The Kier molecular flexibility index (Phi) is 6.10. The Morgan fingerprint density at radius 1 is 1.08 bits per heavy atom. The zero-order valence-electron chi connectivity index (χ0n) is 14.9. The number of nitrogens with two attached hydrogens (primary N) is 1. The number of sulfonamides is 1. The molecule has 0 aliphatic carbocycles. The number of nitrogens with one attached hydrogen (secondary N) is 1. The zero-order chi connectivity index (χ0) is 19.3. The number of hydrogen-bond acceptors (Lipinski definition) is 5. The van der Waals surface area contributed by atoms with Crippen LogP contribution in [0.3, 0.4) is 0 Å². The van der Waals surface area contributed by atoms with Gasteiger partial charge in [0.2, 0.25) is 0 Å². The maximum absolute atomic E-state index is 12.9. The molecule has 2 aromatic rings. The van der Waals surface area contributed by atoms with Gasteiger partial charge in [0.25, 0.3) is 15.9 Å². The predicted octanol–water partition coefficient (Wildman–Crippen LogP) is 2.69. The molecule has 0 aliphatic rings. The summed E-state index contributed by atoms with van der Waals surface area (Å²) in [5.74, 6) is -0.0794. The third-order valence-corrected chi connectivity index (χ3v) is 4.95. The van der Waals surface area contributed by atoms with Crippen molar-refractivity contribution in [1.29, 1.82) is 0 Å². The van der Waals surface area contributed by atoms with Gasteiger partial charge in [0, 0.05) is 6.07 Å². The summed E-state index contributed by atoms with van der Waals surface area (Å²) < 4.78 is 39.3. The van der Waals surface area contributed by atoms with Gasteiger partial charge >= 0.3 is 0 Å². The molecule has 0 unspecified atom stereocenters. The van der Waals surface area contributed by atoms with Gasteiger partial charge in [-0.2, -0.15) is 0 Å². The average molecular weight is 378 g/mol. The second-order valence-electron chi connectivity index (χ2n) is 5.45. The van der Waals surface area contributed by atoms with E-state index in [0.29, 0.717) is 19.0 Å². The van der Waals surface area contributed by atoms with Crippen LogP contribution >= 0.6 is 0 Å². The van der Waals surface area contributed by atoms with Crippen LogP contribution in [0.5, 0.6) is 11.5 Å². The van der Waals surface area contributed by atoms with Crippen LogP contribution < -0.4 is 19.9 Å². The number of ether oxygens (including phenoxy) is 2. The van der Waals surface area contributed by atoms with E-state index in [-0.39, 0.29) is 21.9 Å². The third-order valence-electron chi connectivity index (χ3n) is 3.57. The highest BCUT2D eigenvalue weighted by Gasteiger charge is 2.24. The molecule has 0 heterocycles. The first kappa shape index (κ1) is 19.6. The fourth-order valence-corrected chi connectivity index (χ4v) is 3.64. The van der Waals surface area contributed by atoms with Gasteiger partial charge in [0.05, 0.1) is 24.5 Å². The summed E-state index contributed by atoms with van der Waals surface area (Å²) >= 11 is 0. The molecular weight excluding hydrogens is 356 g/mol. The summed E-state index contributed by atoms with van der Waals surface area (Å²) in [4.78, 5) is 11.5. The van der Waals surface area contributed by atoms with E-state index in [1.54, 1.807) is 32.0 Å². The van der Waals surface area contributed by atoms with Crippen molar-refractivity contribution < 1.29 is 22.7 Å². The van der Waals surface area contributed by atoms with Crippen molar-refractivity contribution in [2.45, 2.75) is 25.7 Å². The minimum absolute atomic E-state index is 0.0752. The first-order valence-electron chi connectivity index (χ1n) is 8.12. The minimum Gasteiger partial charge on any atom is -0.494 e. The smallest absolute Gasteiger partial charge is 0.265 e. The van der Waals surface area contributed by atoms with Crippen LogP contribution in [0.25, 0.3) is 0 Å². The van der Waals surface area contributed by atoms with Crippen LogP contribution in [0.15, 0.2) is 41.3 Å². The minimum atomic E-state index is -4.04. The van der Waals surface area contributed by atoms with Crippen LogP contribution in [0.4, 0.5) is 5.69 Å². The molecule has 3 N–H and O–H groups in total. The SMILES string of the molecule is CCOc1cc(S(=O)(=O)Nc2ccccc2C(N)=O)c(OCC)cc1C. The highest BCUT2D eigenvalue weighted by molar-refractivity contribution is 7.92. The quantitative estimate of drug-likeness (QED) is 0.734. The maximum atomic E-state index is 12.9. The van der Waals surface area contributed by atoms with Gasteiger partial charge in [-0.05, 0) is 44.5 Å². The number of aryl methyl sites for hydroxylation is 1. The second kappa shape index (κ2) is 8.09. The topological polar surface area (TPSA) is 108 Å². The fraction of sp³-hybridized carbons (Fsp3) is 0.278. The number of para-hydroxylation sites is 1. The molecule has 0 aromatic heterocycles. The van der Waals surface area contributed by atoms with E-state index in [1.807, 2.05) is 6.92 Å². The molecular formula is C18H22N2O5S. The molecule has 2 aromatic carbocycles. The van der Waals surface area contributed by atoms with E-state index in [9.17, 15) is 13.2 Å². The van der Waals surface area contributed by atoms with Gasteiger partial charge in [-0.25, -0.2) is 8.42 Å². The molecule has 8 heteroatoms. The van der Waals surface area contributed by atoms with Crippen LogP contribution in [0, 0.1) is 6.92 Å². The number of hydrogen-bond donors (Lipinski definition) is 2. The Bertz CT molecular complexity index is 910. The Balaban J connectivity index is 2.54. The molecule has 0 fully saturated rings. The lowest BCUT2D eigenvalue weighted by atomic mass is 10.2. The molecule has 0 saturated carbocycles. The first-order valence-corrected chi connectivity index (χ1v) is 9.60. The highest BCUT2D eigenvalue weighted by atomic mass is 32.2. The summed E-state index contributed by atoms with van der Waals surface area (Å²) in [7, 11) is -4.04. The number of carbonyl (C=O) groups excluding carboxylic acids is 1. The summed E-state index contributed by atoms with van der Waals surface area (Å²) in [6.07, 6.45) is 0. The summed E-state index contributed by atoms with van der Waals surface area (Å²) in [5, 5.41) is 0. The first-order chi connectivity index (χ1) is 12.3. The molecule has 140 valence electrons. The van der Waals surface area contributed by atoms with Crippen LogP contribution in [0.2, 0.25) is 0 Å². The van der Waals surface area contributed by atoms with Crippen molar-refractivity contribution in [1.82, 2.24) is 0 Å². The van der Waals surface area contributed by atoms with Crippen molar-refractivity contribution in [3.8, 4) is 11.5 Å². The van der Waals surface area contributed by atoms with Crippen molar-refractivity contribution in [3.63, 3.8) is 0 Å². The number of amides is 1. The molecule has 0 aliphatic heterocycles. The van der Waals surface area contributed by atoms with Gasteiger partial charge in [0.15, 0.2) is 0 Å². The monoisotopic (exact) mass is 378 g/mol. The third kappa shape index (κ3) is 4.26. The van der Waals surface area contributed by atoms with E-state index >= 15 is 0 Å². The van der Waals surface area contributed by atoms with Crippen molar-refractivity contribution in [2.75, 3.05) is 17.9 Å². The average Bonchev–Trinajstić information content (AvgIpc) is 2.57. The van der Waals surface area contributed by atoms with Crippen molar-refractivity contribution in [3.05, 3.63) is 47.5 Å². The summed E-state index contributed by atoms with van der Waals surface area (Å²) in [6, 6.07) is 9.15. The molecule has 0 bridgehead atoms. The second-order valence-corrected chi connectivity index (χ2v) is 7.10. The van der Waals surface area contributed by atoms with Crippen LogP contribution in [-0.2, 0) is 10.0 Å². The number of rotatable bonds is 8. The van der Waals surface area contributed by atoms with Crippen molar-refractivity contribution >= 4 is 21.6 Å². The number of benzene rings is 2. The Morgan fingerprint density at radius 3 is 2.31 bits per heavy atom. The number of primary amides is 1. The number of carbonyl (C=O) groups is 1. The molecule has 2 rings (SSSR count). The molecule has 0 saturated heterocycles. The maximum Gasteiger partial charge on any atom is 0.265 e. The molecule has 0 radical (unpaired) electrons. The van der Waals surface area contributed by atoms with E-state index in [4.69, 9.17) is 15.2 Å². The molecule has 0 spiro atoms. The summed E-state index contributed by atoms with van der Waals surface area (Å²) in [6.45, 7) is 6.07. The van der Waals surface area contributed by atoms with Crippen LogP contribution in [0.1, 0.15) is 29.8 Å². The van der Waals surface area contributed by atoms with Gasteiger partial charge < -0.3 is 15.2 Å². The molecule has 7 nitrogen and oxygen atoms in total. The Hall–Kier alpha value is -2.74. The van der Waals surface area contributed by atoms with E-state index in [0.717, 1.165) is 5.56 Å². The lowest BCUT2D eigenvalue weighted by Gasteiger charge is -2.17. The predicted molar refractivity (Wildman–Crippen MR) is 99.3 cm³/mol. The van der Waals surface area contributed by atoms with E-state index < -0.39 is 15.9 Å². The van der Waals surface area contributed by atoms with Gasteiger partial charge in [-0.3, -0.25) is 9.52 Å². The van der Waals surface area contributed by atoms with E-state index in [1.165, 1.54) is 18.2 Å². The van der Waals surface area contributed by atoms with Crippen molar-refractivity contribution in [2.24, 2.45) is 5.73 Å². The molecule has 0 atom stereocenters. The van der Waals surface area contributed by atoms with Gasteiger partial charge in [-0.1, -0.05) is 12.1 Å². The van der Waals surface area contributed by atoms with E-state index in [2.05, 4.69) is 4.72 Å². The van der Waals surface area contributed by atoms with Gasteiger partial charge in [-0.15, -0.1) is 0 Å². The normalized spacial score (nSPS) is 11.0. The molecule has 26 heavy (non-hydrogen) atoms. The lowest BCUT2D eigenvalue weighted by molar-refractivity contribution is 0.100. The Morgan fingerprint density at radius 2 is 1.69 bits per heavy atom.